The third-order valence-electron chi connectivity index (χ3n) is 2.11. The van der Waals surface area contributed by atoms with Crippen molar-refractivity contribution in [2.24, 2.45) is 5.41 Å². The van der Waals surface area contributed by atoms with Gasteiger partial charge in [-0.25, -0.2) is 9.18 Å². The molecule has 7 nitrogen and oxygen atoms in total. The van der Waals surface area contributed by atoms with Crippen molar-refractivity contribution < 1.29 is 32.5 Å². The molecule has 0 heterocycles. The van der Waals surface area contributed by atoms with Crippen LogP contribution in [-0.4, -0.2) is 37.9 Å². The maximum absolute atomic E-state index is 13.3. The number of esters is 1. The molecule has 0 radical (unpaired) electrons. The molecule has 0 aliphatic carbocycles. The molecule has 0 aliphatic heterocycles. The summed E-state index contributed by atoms with van der Waals surface area (Å²) in [4.78, 5) is 22.9. The number of amides is 1. The van der Waals surface area contributed by atoms with Crippen molar-refractivity contribution in [3.8, 4) is 0 Å². The minimum atomic E-state index is -2.12. The van der Waals surface area contributed by atoms with E-state index in [1.807, 2.05) is 5.32 Å². The third-order valence-corrected chi connectivity index (χ3v) is 2.72. The van der Waals surface area contributed by atoms with Gasteiger partial charge in [-0.1, -0.05) is 0 Å². The predicted molar refractivity (Wildman–Crippen MR) is 75.0 cm³/mol. The number of hydrogen-bond acceptors (Lipinski definition) is 6. The summed E-state index contributed by atoms with van der Waals surface area (Å²) in [5.41, 5.74) is -0.730. The summed E-state index contributed by atoms with van der Waals surface area (Å²) in [6.07, 6.45) is -4.05. The normalized spacial score (nSPS) is 15.7. The number of rotatable bonds is 7. The fourth-order valence-electron chi connectivity index (χ4n) is 1.04. The second kappa shape index (κ2) is 9.00. The number of alkyl carbamates (subject to hydrolysis) is 1. The van der Waals surface area contributed by atoms with Crippen LogP contribution in [0.15, 0.2) is 0 Å². The number of alkyl halides is 1. The van der Waals surface area contributed by atoms with E-state index >= 15 is 0 Å². The Labute approximate surface area is 124 Å². The van der Waals surface area contributed by atoms with E-state index in [0.717, 1.165) is 0 Å². The molecule has 0 aromatic rings. The largest absolute Gasteiger partial charge is 0.425 e. The minimum absolute atomic E-state index is 0.0791. The van der Waals surface area contributed by atoms with Crippen LogP contribution >= 0.6 is 8.03 Å². The van der Waals surface area contributed by atoms with E-state index < -0.39 is 38.1 Å². The molecule has 0 saturated carbocycles. The lowest BCUT2D eigenvalue weighted by molar-refractivity contribution is -0.174. The lowest BCUT2D eigenvalue weighted by atomic mass is 9.97. The van der Waals surface area contributed by atoms with Gasteiger partial charge < -0.3 is 14.0 Å². The van der Waals surface area contributed by atoms with Crippen LogP contribution in [0.2, 0.25) is 0 Å². The molecule has 124 valence electrons. The van der Waals surface area contributed by atoms with Gasteiger partial charge in [-0.3, -0.25) is 14.7 Å². The molecule has 0 fully saturated rings. The summed E-state index contributed by atoms with van der Waals surface area (Å²) in [6, 6.07) is 0. The van der Waals surface area contributed by atoms with Gasteiger partial charge in [-0.05, 0) is 20.8 Å². The first kappa shape index (κ1) is 19.9. The lowest BCUT2D eigenvalue weighted by Crippen LogP contribution is -2.37. The Morgan fingerprint density at radius 1 is 1.29 bits per heavy atom. The Hall–Kier alpha value is -1.14. The SMILES string of the molecule is CC(OC(=O)NC(F)CCO[PH](C)=O)OC(=O)C(C)(C)C. The molecule has 0 rings (SSSR count). The van der Waals surface area contributed by atoms with Gasteiger partial charge in [0.05, 0.1) is 12.0 Å². The highest BCUT2D eigenvalue weighted by atomic mass is 31.1. The highest BCUT2D eigenvalue weighted by Gasteiger charge is 2.26. The van der Waals surface area contributed by atoms with E-state index in [1.165, 1.54) is 13.6 Å². The lowest BCUT2D eigenvalue weighted by Gasteiger charge is -2.21. The van der Waals surface area contributed by atoms with E-state index in [1.54, 1.807) is 20.8 Å². The van der Waals surface area contributed by atoms with Crippen molar-refractivity contribution in [2.75, 3.05) is 13.3 Å². The summed E-state index contributed by atoms with van der Waals surface area (Å²) >= 11 is 0. The van der Waals surface area contributed by atoms with Crippen LogP contribution in [0.4, 0.5) is 9.18 Å². The van der Waals surface area contributed by atoms with Crippen molar-refractivity contribution in [3.05, 3.63) is 0 Å². The zero-order valence-corrected chi connectivity index (χ0v) is 13.9. The molecular formula is C12H23FNO6P. The molecule has 1 amide bonds. The molecule has 3 atom stereocenters. The molecule has 0 saturated heterocycles. The molecule has 0 spiro atoms. The van der Waals surface area contributed by atoms with E-state index in [4.69, 9.17) is 9.26 Å². The van der Waals surface area contributed by atoms with E-state index in [-0.39, 0.29) is 13.0 Å². The maximum Gasteiger partial charge on any atom is 0.412 e. The summed E-state index contributed by atoms with van der Waals surface area (Å²) in [5, 5.41) is 1.91. The highest BCUT2D eigenvalue weighted by Crippen LogP contribution is 2.17. The number of ether oxygens (including phenoxy) is 2. The Kier molecular flexibility index (Phi) is 8.51. The first-order valence-corrected chi connectivity index (χ1v) is 8.29. The van der Waals surface area contributed by atoms with Gasteiger partial charge in [0, 0.05) is 20.0 Å². The zero-order valence-electron chi connectivity index (χ0n) is 12.9. The summed E-state index contributed by atoms with van der Waals surface area (Å²) in [6.45, 7) is 7.61. The van der Waals surface area contributed by atoms with Gasteiger partial charge >= 0.3 is 12.1 Å². The van der Waals surface area contributed by atoms with Crippen LogP contribution in [0.1, 0.15) is 34.1 Å². The first-order chi connectivity index (χ1) is 9.52. The molecule has 0 aliphatic rings. The number of nitrogens with one attached hydrogen (secondary N) is 1. The smallest absolute Gasteiger partial charge is 0.412 e. The Bertz CT molecular complexity index is 384. The van der Waals surface area contributed by atoms with Gasteiger partial charge in [0.2, 0.25) is 6.29 Å². The zero-order chi connectivity index (χ0) is 16.6. The van der Waals surface area contributed by atoms with E-state index in [2.05, 4.69) is 4.74 Å². The summed E-state index contributed by atoms with van der Waals surface area (Å²) in [7, 11) is -2.12. The van der Waals surface area contributed by atoms with Crippen LogP contribution in [0.5, 0.6) is 0 Å². The molecule has 0 bridgehead atoms. The quantitative estimate of drug-likeness (QED) is 0.334. The fraction of sp³-hybridized carbons (Fsp3) is 0.833. The molecule has 9 heteroatoms. The topological polar surface area (TPSA) is 90.9 Å². The van der Waals surface area contributed by atoms with Crippen LogP contribution < -0.4 is 5.32 Å². The average molecular weight is 327 g/mol. The molecule has 3 unspecified atom stereocenters. The Balaban J connectivity index is 4.02. The van der Waals surface area contributed by atoms with Crippen molar-refractivity contribution in [1.29, 1.82) is 0 Å². The van der Waals surface area contributed by atoms with Crippen molar-refractivity contribution in [1.82, 2.24) is 5.32 Å². The maximum atomic E-state index is 13.3. The second-order valence-corrected chi connectivity index (χ2v) is 6.64. The highest BCUT2D eigenvalue weighted by molar-refractivity contribution is 7.38. The van der Waals surface area contributed by atoms with Crippen LogP contribution in [0, 0.1) is 5.41 Å². The summed E-state index contributed by atoms with van der Waals surface area (Å²) < 4.78 is 38.2. The number of hydrogen-bond donors (Lipinski definition) is 1. The van der Waals surface area contributed by atoms with E-state index in [0.29, 0.717) is 0 Å². The van der Waals surface area contributed by atoms with Gasteiger partial charge in [0.15, 0.2) is 14.3 Å². The summed E-state index contributed by atoms with van der Waals surface area (Å²) in [5.74, 6) is -0.541. The van der Waals surface area contributed by atoms with Crippen molar-refractivity contribution >= 4 is 20.1 Å². The van der Waals surface area contributed by atoms with Crippen molar-refractivity contribution in [2.45, 2.75) is 46.7 Å². The van der Waals surface area contributed by atoms with Crippen LogP contribution in [0.25, 0.3) is 0 Å². The Morgan fingerprint density at radius 2 is 1.86 bits per heavy atom. The number of halogens is 1. The number of carbonyl (C=O) groups excluding carboxylic acids is 2. The monoisotopic (exact) mass is 327 g/mol. The molecule has 0 aromatic carbocycles. The third kappa shape index (κ3) is 10.3. The van der Waals surface area contributed by atoms with Gasteiger partial charge in [0.25, 0.3) is 0 Å². The molecule has 1 N–H and O–H groups in total. The standard InChI is InChI=1S/C12H23FNO6P/c1-8(19-10(15)12(2,3)4)20-11(16)14-9(13)6-7-18-21(5)17/h8-9,21H,6-7H2,1-5H3,(H,14,16). The predicted octanol–water partition coefficient (Wildman–Crippen LogP) is 2.45. The second-order valence-electron chi connectivity index (χ2n) is 5.37. The first-order valence-electron chi connectivity index (χ1n) is 6.48. The van der Waals surface area contributed by atoms with Gasteiger partial charge in [-0.15, -0.1) is 0 Å². The minimum Gasteiger partial charge on any atom is -0.425 e. The number of carbonyl (C=O) groups is 2. The molecular weight excluding hydrogens is 304 g/mol. The van der Waals surface area contributed by atoms with Crippen LogP contribution in [0.3, 0.4) is 0 Å². The van der Waals surface area contributed by atoms with E-state index in [9.17, 15) is 18.5 Å². The van der Waals surface area contributed by atoms with Gasteiger partial charge in [-0.2, -0.15) is 0 Å². The molecule has 0 aromatic heterocycles. The average Bonchev–Trinajstić information content (AvgIpc) is 2.25. The molecule has 21 heavy (non-hydrogen) atoms. The Morgan fingerprint density at radius 3 is 2.33 bits per heavy atom. The fourth-order valence-corrected chi connectivity index (χ4v) is 1.45. The van der Waals surface area contributed by atoms with Crippen molar-refractivity contribution in [3.63, 3.8) is 0 Å². The van der Waals surface area contributed by atoms with Crippen LogP contribution in [-0.2, 0) is 23.4 Å². The van der Waals surface area contributed by atoms with Gasteiger partial charge in [0.1, 0.15) is 0 Å².